The fourth-order valence-electron chi connectivity index (χ4n) is 0.521. The Morgan fingerprint density at radius 3 is 1.61 bits per heavy atom. The van der Waals surface area contributed by atoms with Gasteiger partial charge in [-0.2, -0.15) is 39.5 Å². The van der Waals surface area contributed by atoms with Crippen LogP contribution in [-0.2, 0) is 9.53 Å². The van der Waals surface area contributed by atoms with Gasteiger partial charge in [0.1, 0.15) is 0 Å². The molecule has 0 spiro atoms. The Bertz CT molecular complexity index is 373. The third-order valence-electron chi connectivity index (χ3n) is 1.37. The van der Waals surface area contributed by atoms with Crippen molar-refractivity contribution in [3.8, 4) is 0 Å². The summed E-state index contributed by atoms with van der Waals surface area (Å²) in [5.41, 5.74) is 0. The topological polar surface area (TPSA) is 26.3 Å². The Balaban J connectivity index is 5.47. The molecular weight excluding hydrogens is 310 g/mol. The van der Waals surface area contributed by atoms with Crippen LogP contribution >= 0.6 is 11.6 Å². The van der Waals surface area contributed by atoms with Crippen molar-refractivity contribution in [3.63, 3.8) is 0 Å². The van der Waals surface area contributed by atoms with E-state index in [2.05, 4.69) is 16.3 Å². The highest BCUT2D eigenvalue weighted by Gasteiger charge is 2.77. The Morgan fingerprint density at radius 2 is 1.33 bits per heavy atom. The lowest BCUT2D eigenvalue weighted by molar-refractivity contribution is -0.382. The molecule has 0 fully saturated rings. The van der Waals surface area contributed by atoms with Gasteiger partial charge in [-0.1, -0.05) is 0 Å². The van der Waals surface area contributed by atoms with E-state index < -0.39 is 35.3 Å². The van der Waals surface area contributed by atoms with Crippen LogP contribution in [0.2, 0.25) is 0 Å². The second-order valence-electron chi connectivity index (χ2n) is 2.58. The van der Waals surface area contributed by atoms with Gasteiger partial charge in [-0.05, 0) is 11.6 Å². The molecule has 0 aromatic heterocycles. The quantitative estimate of drug-likeness (QED) is 0.440. The van der Waals surface area contributed by atoms with Crippen molar-refractivity contribution in [2.75, 3.05) is 0 Å². The van der Waals surface area contributed by atoms with Crippen molar-refractivity contribution in [2.24, 2.45) is 0 Å². The van der Waals surface area contributed by atoms with Gasteiger partial charge in [0.2, 0.25) is 0 Å². The van der Waals surface area contributed by atoms with Gasteiger partial charge < -0.3 is 4.74 Å². The summed E-state index contributed by atoms with van der Waals surface area (Å²) in [7, 11) is 0. The monoisotopic (exact) mass is 310 g/mol. The molecular formula is C6ClF9O2. The molecule has 0 rings (SSSR count). The lowest BCUT2D eigenvalue weighted by atomic mass is 10.1. The van der Waals surface area contributed by atoms with Gasteiger partial charge in [-0.15, -0.1) is 0 Å². The first-order valence-electron chi connectivity index (χ1n) is 3.50. The summed E-state index contributed by atoms with van der Waals surface area (Å²) in [6, 6.07) is -3.50. The van der Waals surface area contributed by atoms with Crippen LogP contribution in [0.3, 0.4) is 0 Å². The van der Waals surface area contributed by atoms with Gasteiger partial charge in [-0.3, -0.25) is 4.79 Å². The maximum Gasteiger partial charge on any atom is 0.473 e. The fraction of sp³-hybridized carbons (Fsp3) is 0.500. The zero-order valence-corrected chi connectivity index (χ0v) is 8.35. The van der Waals surface area contributed by atoms with E-state index in [-0.39, 0.29) is 0 Å². The Labute approximate surface area is 96.9 Å². The summed E-state index contributed by atoms with van der Waals surface area (Å²) in [4.78, 5) is 9.87. The van der Waals surface area contributed by atoms with Crippen molar-refractivity contribution in [2.45, 2.75) is 18.0 Å². The average molecular weight is 310 g/mol. The van der Waals surface area contributed by atoms with Crippen molar-refractivity contribution >= 4 is 16.8 Å². The van der Waals surface area contributed by atoms with Gasteiger partial charge in [0.15, 0.2) is 0 Å². The molecule has 0 aromatic carbocycles. The molecule has 0 amide bonds. The molecule has 0 saturated heterocycles. The lowest BCUT2D eigenvalue weighted by Gasteiger charge is -2.29. The number of rotatable bonds is 5. The maximum atomic E-state index is 12.5. The summed E-state index contributed by atoms with van der Waals surface area (Å²) < 4.78 is 111. The summed E-state index contributed by atoms with van der Waals surface area (Å²) in [5, 5.41) is -3.21. The molecule has 12 heteroatoms. The first-order chi connectivity index (χ1) is 7.77. The van der Waals surface area contributed by atoms with Crippen molar-refractivity contribution in [1.29, 1.82) is 0 Å². The zero-order chi connectivity index (χ0) is 14.9. The van der Waals surface area contributed by atoms with E-state index in [1.165, 1.54) is 0 Å². The van der Waals surface area contributed by atoms with Crippen LogP contribution in [0.4, 0.5) is 39.5 Å². The number of hydrogen-bond donors (Lipinski definition) is 0. The average Bonchev–Trinajstić information content (AvgIpc) is 2.15. The molecule has 0 aromatic rings. The minimum absolute atomic E-state index is 2.09. The zero-order valence-electron chi connectivity index (χ0n) is 7.60. The highest BCUT2D eigenvalue weighted by molar-refractivity contribution is 6.65. The Hall–Kier alpha value is -1.13. The molecule has 0 bridgehead atoms. The minimum atomic E-state index is -6.65. The van der Waals surface area contributed by atoms with Crippen LogP contribution in [-0.4, -0.2) is 23.2 Å². The number of alkyl halides is 6. The Morgan fingerprint density at radius 1 is 0.944 bits per heavy atom. The highest BCUT2D eigenvalue weighted by Crippen LogP contribution is 2.48. The molecule has 0 aliphatic rings. The van der Waals surface area contributed by atoms with E-state index in [4.69, 9.17) is 0 Å². The molecule has 0 N–H and O–H groups in total. The summed E-state index contributed by atoms with van der Waals surface area (Å²) >= 11 is 3.95. The third-order valence-corrected chi connectivity index (χ3v) is 1.61. The molecule has 0 unspecified atom stereocenters. The van der Waals surface area contributed by atoms with E-state index in [0.717, 1.165) is 0 Å². The standard InChI is InChI=1S/C6ClF9O2/c7-3(17)4(11,12)5(13,14)6(15,16)18-2(10)1(8)9. The van der Waals surface area contributed by atoms with Crippen LogP contribution in [0.5, 0.6) is 0 Å². The van der Waals surface area contributed by atoms with Gasteiger partial charge in [-0.25, -0.2) is 0 Å². The van der Waals surface area contributed by atoms with Crippen LogP contribution < -0.4 is 0 Å². The number of ether oxygens (including phenoxy) is 1. The van der Waals surface area contributed by atoms with Crippen molar-refractivity contribution in [3.05, 3.63) is 12.1 Å². The van der Waals surface area contributed by atoms with Crippen molar-refractivity contribution < 1.29 is 49.0 Å². The van der Waals surface area contributed by atoms with E-state index in [1.54, 1.807) is 0 Å². The first kappa shape index (κ1) is 16.9. The molecule has 0 radical (unpaired) electrons. The van der Waals surface area contributed by atoms with Crippen LogP contribution in [0.1, 0.15) is 0 Å². The van der Waals surface area contributed by atoms with Gasteiger partial charge in [0.05, 0.1) is 0 Å². The summed E-state index contributed by atoms with van der Waals surface area (Å²) in [5.74, 6) is -12.8. The number of carbonyl (C=O) groups is 1. The molecule has 106 valence electrons. The number of halogens is 10. The highest BCUT2D eigenvalue weighted by atomic mass is 35.5. The third kappa shape index (κ3) is 2.82. The van der Waals surface area contributed by atoms with E-state index in [0.29, 0.717) is 0 Å². The van der Waals surface area contributed by atoms with E-state index >= 15 is 0 Å². The molecule has 18 heavy (non-hydrogen) atoms. The molecule has 0 heterocycles. The van der Waals surface area contributed by atoms with Crippen molar-refractivity contribution in [1.82, 2.24) is 0 Å². The smallest absolute Gasteiger partial charge is 0.397 e. The van der Waals surface area contributed by atoms with Crippen LogP contribution in [0.25, 0.3) is 0 Å². The molecule has 0 saturated carbocycles. The second-order valence-corrected chi connectivity index (χ2v) is 2.92. The summed E-state index contributed by atoms with van der Waals surface area (Å²) in [6.07, 6.45) is -10.0. The molecule has 0 aliphatic heterocycles. The second kappa shape index (κ2) is 4.86. The van der Waals surface area contributed by atoms with Crippen LogP contribution in [0, 0.1) is 0 Å². The number of carbonyl (C=O) groups excluding carboxylic acids is 1. The summed E-state index contributed by atoms with van der Waals surface area (Å²) in [6.45, 7) is 0. The predicted molar refractivity (Wildman–Crippen MR) is 37.1 cm³/mol. The van der Waals surface area contributed by atoms with E-state index in [1.807, 2.05) is 0 Å². The van der Waals surface area contributed by atoms with E-state index in [9.17, 15) is 44.3 Å². The largest absolute Gasteiger partial charge is 0.473 e. The predicted octanol–water partition coefficient (Wildman–Crippen LogP) is 3.67. The van der Waals surface area contributed by atoms with Gasteiger partial charge >= 0.3 is 30.0 Å². The van der Waals surface area contributed by atoms with Crippen LogP contribution in [0.15, 0.2) is 12.1 Å². The van der Waals surface area contributed by atoms with Gasteiger partial charge in [0, 0.05) is 0 Å². The first-order valence-corrected chi connectivity index (χ1v) is 3.88. The molecule has 0 atom stereocenters. The SMILES string of the molecule is O=C(Cl)C(F)(F)C(F)(F)C(F)(F)OC(F)=C(F)F. The maximum absolute atomic E-state index is 12.5. The fourth-order valence-corrected chi connectivity index (χ4v) is 0.640. The number of hydrogen-bond acceptors (Lipinski definition) is 2. The Kier molecular flexibility index (Phi) is 4.56. The normalized spacial score (nSPS) is 13.2. The van der Waals surface area contributed by atoms with Gasteiger partial charge in [0.25, 0.3) is 5.24 Å². The minimum Gasteiger partial charge on any atom is -0.397 e. The molecule has 2 nitrogen and oxygen atoms in total. The lowest BCUT2D eigenvalue weighted by Crippen LogP contribution is -2.57. The molecule has 0 aliphatic carbocycles.